The predicted molar refractivity (Wildman–Crippen MR) is 98.0 cm³/mol. The summed E-state index contributed by atoms with van der Waals surface area (Å²) >= 11 is 4.83. The second-order valence-electron chi connectivity index (χ2n) is 5.81. The van der Waals surface area contributed by atoms with Crippen LogP contribution < -0.4 is 5.32 Å². The summed E-state index contributed by atoms with van der Waals surface area (Å²) in [7, 11) is 0. The number of esters is 2. The van der Waals surface area contributed by atoms with E-state index in [2.05, 4.69) is 26.2 Å². The maximum atomic E-state index is 11.9. The lowest BCUT2D eigenvalue weighted by Gasteiger charge is -2.29. The Morgan fingerprint density at radius 3 is 2.36 bits per heavy atom. The molecule has 0 aliphatic carbocycles. The van der Waals surface area contributed by atoms with Gasteiger partial charge < -0.3 is 14.8 Å². The molecular weight excluding hydrogens is 408 g/mol. The number of aryl methyl sites for hydroxylation is 1. The van der Waals surface area contributed by atoms with Crippen LogP contribution in [0.4, 0.5) is 5.13 Å². The van der Waals surface area contributed by atoms with Crippen LogP contribution in [0, 0.1) is 6.92 Å². The minimum atomic E-state index is -1.25. The van der Waals surface area contributed by atoms with Crippen molar-refractivity contribution in [2.45, 2.75) is 26.6 Å². The van der Waals surface area contributed by atoms with Gasteiger partial charge in [-0.25, -0.2) is 14.6 Å². The van der Waals surface area contributed by atoms with Crippen LogP contribution in [0.5, 0.6) is 0 Å². The fourth-order valence-electron chi connectivity index (χ4n) is 2.25. The van der Waals surface area contributed by atoms with Crippen LogP contribution >= 0.6 is 27.3 Å². The van der Waals surface area contributed by atoms with Crippen LogP contribution in [0.25, 0.3) is 11.3 Å². The first kappa shape index (κ1) is 17.6. The summed E-state index contributed by atoms with van der Waals surface area (Å²) < 4.78 is 11.1. The summed E-state index contributed by atoms with van der Waals surface area (Å²) in [4.78, 5) is 29.4. The summed E-state index contributed by atoms with van der Waals surface area (Å²) in [5.74, 6) is -2.71. The molecule has 1 fully saturated rings. The number of nitrogens with zero attached hydrogens (tertiary/aromatic N) is 1. The largest absolute Gasteiger partial charge is 0.419 e. The SMILES string of the molecule is Cc1sc(NC=C2C(=O)OC(C)(C)OC2=O)nc1-c1ccc(Br)cc1. The van der Waals surface area contributed by atoms with Crippen LogP contribution in [0.2, 0.25) is 0 Å². The van der Waals surface area contributed by atoms with Crippen LogP contribution in [0.1, 0.15) is 18.7 Å². The topological polar surface area (TPSA) is 77.5 Å². The molecule has 1 aromatic heterocycles. The molecule has 1 aliphatic rings. The molecule has 0 radical (unpaired) electrons. The quantitative estimate of drug-likeness (QED) is 0.457. The lowest BCUT2D eigenvalue weighted by Crippen LogP contribution is -2.42. The summed E-state index contributed by atoms with van der Waals surface area (Å²) in [6.45, 7) is 4.96. The number of benzene rings is 1. The molecule has 0 saturated carbocycles. The number of nitrogens with one attached hydrogen (secondary N) is 1. The van der Waals surface area contributed by atoms with Gasteiger partial charge in [-0.3, -0.25) is 0 Å². The van der Waals surface area contributed by atoms with E-state index in [1.165, 1.54) is 31.4 Å². The van der Waals surface area contributed by atoms with Crippen molar-refractivity contribution in [1.29, 1.82) is 0 Å². The fourth-order valence-corrected chi connectivity index (χ4v) is 3.32. The molecule has 2 heterocycles. The van der Waals surface area contributed by atoms with Gasteiger partial charge in [0.25, 0.3) is 5.79 Å². The van der Waals surface area contributed by atoms with E-state index >= 15 is 0 Å². The third-order valence-corrected chi connectivity index (χ3v) is 4.80. The maximum absolute atomic E-state index is 11.9. The predicted octanol–water partition coefficient (Wildman–Crippen LogP) is 4.01. The molecule has 1 aliphatic heterocycles. The Bertz CT molecular complexity index is 849. The minimum Gasteiger partial charge on any atom is -0.419 e. The van der Waals surface area contributed by atoms with Crippen LogP contribution in [-0.4, -0.2) is 22.7 Å². The number of hydrogen-bond donors (Lipinski definition) is 1. The summed E-state index contributed by atoms with van der Waals surface area (Å²) in [6.07, 6.45) is 1.27. The van der Waals surface area contributed by atoms with E-state index in [1.807, 2.05) is 31.2 Å². The number of carbonyl (C=O) groups excluding carboxylic acids is 2. The van der Waals surface area contributed by atoms with Gasteiger partial charge in [0, 0.05) is 35.0 Å². The molecule has 1 N–H and O–H groups in total. The molecule has 0 spiro atoms. The third-order valence-electron chi connectivity index (χ3n) is 3.37. The first-order valence-corrected chi connectivity index (χ1v) is 9.03. The van der Waals surface area contributed by atoms with Crippen LogP contribution in [0.15, 0.2) is 40.5 Å². The first-order chi connectivity index (χ1) is 11.7. The van der Waals surface area contributed by atoms with Crippen molar-refractivity contribution >= 4 is 44.3 Å². The van der Waals surface area contributed by atoms with E-state index in [1.54, 1.807) is 0 Å². The Labute approximate surface area is 157 Å². The summed E-state index contributed by atoms with van der Waals surface area (Å²) in [5, 5.41) is 3.44. The van der Waals surface area contributed by atoms with E-state index in [4.69, 9.17) is 9.47 Å². The molecule has 25 heavy (non-hydrogen) atoms. The number of thiazole rings is 1. The van der Waals surface area contributed by atoms with Crippen LogP contribution in [-0.2, 0) is 19.1 Å². The van der Waals surface area contributed by atoms with E-state index < -0.39 is 17.7 Å². The highest BCUT2D eigenvalue weighted by molar-refractivity contribution is 9.10. The zero-order valence-electron chi connectivity index (χ0n) is 13.8. The summed E-state index contributed by atoms with van der Waals surface area (Å²) in [5.41, 5.74) is 1.63. The molecular formula is C17H15BrN2O4S. The van der Waals surface area contributed by atoms with Crippen molar-refractivity contribution in [2.75, 3.05) is 5.32 Å². The Morgan fingerprint density at radius 1 is 1.16 bits per heavy atom. The molecule has 1 aromatic carbocycles. The molecule has 0 amide bonds. The number of cyclic esters (lactones) is 2. The number of carbonyl (C=O) groups is 2. The van der Waals surface area contributed by atoms with Crippen molar-refractivity contribution in [3.05, 3.63) is 45.4 Å². The average molecular weight is 423 g/mol. The van der Waals surface area contributed by atoms with Crippen molar-refractivity contribution in [2.24, 2.45) is 0 Å². The minimum absolute atomic E-state index is 0.197. The Kier molecular flexibility index (Phi) is 4.66. The number of rotatable bonds is 3. The molecule has 0 unspecified atom stereocenters. The van der Waals surface area contributed by atoms with E-state index in [0.717, 1.165) is 20.6 Å². The number of halogens is 1. The standard InChI is InChI=1S/C17H15BrN2O4S/c1-9-13(10-4-6-11(18)7-5-10)20-16(25-9)19-8-12-14(21)23-17(2,3)24-15(12)22/h4-8H,1-3H3,(H,19,20). The molecule has 1 saturated heterocycles. The molecule has 6 nitrogen and oxygen atoms in total. The first-order valence-electron chi connectivity index (χ1n) is 7.42. The van der Waals surface area contributed by atoms with Gasteiger partial charge >= 0.3 is 11.9 Å². The fraction of sp³-hybridized carbons (Fsp3) is 0.235. The third kappa shape index (κ3) is 3.91. The van der Waals surface area contributed by atoms with Crippen molar-refractivity contribution in [3.8, 4) is 11.3 Å². The number of anilines is 1. The number of hydrogen-bond acceptors (Lipinski definition) is 7. The van der Waals surface area contributed by atoms with Gasteiger partial charge in [0.05, 0.1) is 5.69 Å². The zero-order chi connectivity index (χ0) is 18.2. The highest BCUT2D eigenvalue weighted by atomic mass is 79.9. The second kappa shape index (κ2) is 6.61. The summed E-state index contributed by atoms with van der Waals surface area (Å²) in [6, 6.07) is 7.82. The normalized spacial score (nSPS) is 16.2. The number of aromatic nitrogens is 1. The molecule has 130 valence electrons. The second-order valence-corrected chi connectivity index (χ2v) is 7.93. The van der Waals surface area contributed by atoms with Gasteiger partial charge in [-0.05, 0) is 19.1 Å². The molecule has 3 rings (SSSR count). The Balaban J connectivity index is 1.80. The Hall–Kier alpha value is -2.19. The van der Waals surface area contributed by atoms with E-state index in [-0.39, 0.29) is 5.57 Å². The average Bonchev–Trinajstić information content (AvgIpc) is 2.87. The molecule has 8 heteroatoms. The monoisotopic (exact) mass is 422 g/mol. The maximum Gasteiger partial charge on any atom is 0.350 e. The van der Waals surface area contributed by atoms with Gasteiger partial charge in [-0.15, -0.1) is 11.3 Å². The van der Waals surface area contributed by atoms with Crippen molar-refractivity contribution in [1.82, 2.24) is 4.98 Å². The van der Waals surface area contributed by atoms with Crippen molar-refractivity contribution < 1.29 is 19.1 Å². The Morgan fingerprint density at radius 2 is 1.76 bits per heavy atom. The van der Waals surface area contributed by atoms with Gasteiger partial charge in [0.15, 0.2) is 10.7 Å². The van der Waals surface area contributed by atoms with E-state index in [9.17, 15) is 9.59 Å². The van der Waals surface area contributed by atoms with Gasteiger partial charge in [0.2, 0.25) is 0 Å². The highest BCUT2D eigenvalue weighted by Gasteiger charge is 2.39. The molecule has 2 aromatic rings. The van der Waals surface area contributed by atoms with Crippen LogP contribution in [0.3, 0.4) is 0 Å². The van der Waals surface area contributed by atoms with E-state index in [0.29, 0.717) is 5.13 Å². The van der Waals surface area contributed by atoms with Gasteiger partial charge in [0.1, 0.15) is 0 Å². The number of ether oxygens (including phenoxy) is 2. The van der Waals surface area contributed by atoms with Gasteiger partial charge in [-0.2, -0.15) is 0 Å². The van der Waals surface area contributed by atoms with Gasteiger partial charge in [-0.1, -0.05) is 28.1 Å². The molecule has 0 atom stereocenters. The lowest BCUT2D eigenvalue weighted by atomic mass is 10.1. The molecule has 0 bridgehead atoms. The van der Waals surface area contributed by atoms with Crippen molar-refractivity contribution in [3.63, 3.8) is 0 Å². The lowest BCUT2D eigenvalue weighted by molar-refractivity contribution is -0.222. The zero-order valence-corrected chi connectivity index (χ0v) is 16.2. The smallest absolute Gasteiger partial charge is 0.350 e. The highest BCUT2D eigenvalue weighted by Crippen LogP contribution is 2.31.